The molecule has 138 valence electrons. The molecule has 0 aliphatic rings. The van der Waals surface area contributed by atoms with Crippen LogP contribution in [0.4, 0.5) is 0 Å². The molecule has 0 aliphatic heterocycles. The second kappa shape index (κ2) is 9.89. The molecule has 1 N–H and O–H groups in total. The second-order valence-corrected chi connectivity index (χ2v) is 6.20. The third-order valence-electron chi connectivity index (χ3n) is 3.98. The summed E-state index contributed by atoms with van der Waals surface area (Å²) in [5, 5.41) is 7.85. The maximum Gasteiger partial charge on any atom is 0.214 e. The zero-order chi connectivity index (χ0) is 18.0. The Hall–Kier alpha value is -2.44. The number of hydrogen-bond acceptors (Lipinski definition) is 5. The molecule has 0 spiro atoms. The molecular formula is C20H25N3O3. The maximum atomic E-state index is 5.83. The summed E-state index contributed by atoms with van der Waals surface area (Å²) in [6, 6.07) is 12.1. The number of nitrogens with one attached hydrogen (secondary N) is 1. The minimum Gasteiger partial charge on any atom is -0.475 e. The molecule has 0 saturated heterocycles. The standard InChI is InChI=1S/C20H25N3O3/c1-16(26-20-12-18-13-22-23-19(18)14-21-20)8-11-24-9-5-10-25-15-17-6-3-2-4-7-17/h2-4,6-7,12-14,16H,5,8-11,15H2,1H3,(H,22,23)/t16-/m1/s1. The van der Waals surface area contributed by atoms with Gasteiger partial charge in [0.1, 0.15) is 0 Å². The zero-order valence-electron chi connectivity index (χ0n) is 15.1. The summed E-state index contributed by atoms with van der Waals surface area (Å²) in [6.45, 7) is 4.73. The predicted octanol–water partition coefficient (Wildman–Crippen LogP) is 3.74. The molecule has 6 heteroatoms. The van der Waals surface area contributed by atoms with Crippen LogP contribution in [0.3, 0.4) is 0 Å². The average molecular weight is 355 g/mol. The van der Waals surface area contributed by atoms with Crippen LogP contribution in [0.15, 0.2) is 48.8 Å². The monoisotopic (exact) mass is 355 g/mol. The second-order valence-electron chi connectivity index (χ2n) is 6.20. The molecule has 0 radical (unpaired) electrons. The third-order valence-corrected chi connectivity index (χ3v) is 3.98. The highest BCUT2D eigenvalue weighted by Crippen LogP contribution is 2.17. The number of aromatic nitrogens is 3. The summed E-state index contributed by atoms with van der Waals surface area (Å²) in [4.78, 5) is 4.27. The topological polar surface area (TPSA) is 69.3 Å². The largest absolute Gasteiger partial charge is 0.475 e. The van der Waals surface area contributed by atoms with E-state index in [1.54, 1.807) is 12.4 Å². The van der Waals surface area contributed by atoms with E-state index in [-0.39, 0.29) is 6.10 Å². The molecule has 0 bridgehead atoms. The number of rotatable bonds is 11. The molecule has 2 heterocycles. The first-order valence-electron chi connectivity index (χ1n) is 8.96. The van der Waals surface area contributed by atoms with Crippen molar-refractivity contribution in [2.24, 2.45) is 0 Å². The van der Waals surface area contributed by atoms with Crippen LogP contribution in [-0.2, 0) is 16.1 Å². The molecule has 3 aromatic rings. The molecule has 1 aromatic carbocycles. The molecule has 0 unspecified atom stereocenters. The van der Waals surface area contributed by atoms with Crippen LogP contribution in [-0.4, -0.2) is 41.1 Å². The highest BCUT2D eigenvalue weighted by molar-refractivity contribution is 5.77. The van der Waals surface area contributed by atoms with Gasteiger partial charge in [-0.1, -0.05) is 30.3 Å². The van der Waals surface area contributed by atoms with Crippen LogP contribution >= 0.6 is 0 Å². The lowest BCUT2D eigenvalue weighted by molar-refractivity contribution is 0.0632. The van der Waals surface area contributed by atoms with Gasteiger partial charge in [-0.2, -0.15) is 5.10 Å². The number of hydrogen-bond donors (Lipinski definition) is 1. The van der Waals surface area contributed by atoms with Crippen molar-refractivity contribution in [3.63, 3.8) is 0 Å². The van der Waals surface area contributed by atoms with Gasteiger partial charge in [-0.15, -0.1) is 0 Å². The van der Waals surface area contributed by atoms with Crippen molar-refractivity contribution in [1.29, 1.82) is 0 Å². The van der Waals surface area contributed by atoms with Crippen LogP contribution < -0.4 is 4.74 Å². The molecule has 0 fully saturated rings. The molecule has 2 aromatic heterocycles. The lowest BCUT2D eigenvalue weighted by Crippen LogP contribution is -2.15. The van der Waals surface area contributed by atoms with Gasteiger partial charge in [-0.05, 0) is 18.9 Å². The summed E-state index contributed by atoms with van der Waals surface area (Å²) in [5.74, 6) is 0.612. The molecule has 6 nitrogen and oxygen atoms in total. The number of benzene rings is 1. The summed E-state index contributed by atoms with van der Waals surface area (Å²) in [7, 11) is 0. The average Bonchev–Trinajstić information content (AvgIpc) is 3.12. The van der Waals surface area contributed by atoms with Crippen LogP contribution in [0, 0.1) is 0 Å². The van der Waals surface area contributed by atoms with Crippen LogP contribution in [0.25, 0.3) is 10.9 Å². The first kappa shape index (κ1) is 18.4. The first-order chi connectivity index (χ1) is 12.8. The normalized spacial score (nSPS) is 12.3. The molecular weight excluding hydrogens is 330 g/mol. The van der Waals surface area contributed by atoms with E-state index in [0.29, 0.717) is 32.3 Å². The van der Waals surface area contributed by atoms with Crippen molar-refractivity contribution < 1.29 is 14.2 Å². The van der Waals surface area contributed by atoms with Gasteiger partial charge >= 0.3 is 0 Å². The summed E-state index contributed by atoms with van der Waals surface area (Å²) >= 11 is 0. The number of H-pyrrole nitrogens is 1. The van der Waals surface area contributed by atoms with Crippen molar-refractivity contribution in [2.75, 3.05) is 19.8 Å². The summed E-state index contributed by atoms with van der Waals surface area (Å²) < 4.78 is 17.1. The smallest absolute Gasteiger partial charge is 0.214 e. The molecule has 1 atom stereocenters. The van der Waals surface area contributed by atoms with Crippen LogP contribution in [0.2, 0.25) is 0 Å². The van der Waals surface area contributed by atoms with Gasteiger partial charge in [-0.25, -0.2) is 4.98 Å². The molecule has 0 saturated carbocycles. The van der Waals surface area contributed by atoms with E-state index in [9.17, 15) is 0 Å². The highest BCUT2D eigenvalue weighted by Gasteiger charge is 2.07. The highest BCUT2D eigenvalue weighted by atomic mass is 16.5. The lowest BCUT2D eigenvalue weighted by atomic mass is 10.2. The summed E-state index contributed by atoms with van der Waals surface area (Å²) in [6.07, 6.45) is 5.24. The van der Waals surface area contributed by atoms with E-state index in [0.717, 1.165) is 23.7 Å². The fourth-order valence-corrected chi connectivity index (χ4v) is 2.53. The molecule has 3 rings (SSSR count). The minimum absolute atomic E-state index is 0.0428. The lowest BCUT2D eigenvalue weighted by Gasteiger charge is -2.14. The maximum absolute atomic E-state index is 5.83. The minimum atomic E-state index is 0.0428. The third kappa shape index (κ3) is 5.82. The van der Waals surface area contributed by atoms with Crippen molar-refractivity contribution >= 4 is 10.9 Å². The van der Waals surface area contributed by atoms with Gasteiger partial charge in [0.15, 0.2) is 0 Å². The number of ether oxygens (including phenoxy) is 3. The van der Waals surface area contributed by atoms with Crippen molar-refractivity contribution in [3.05, 3.63) is 54.4 Å². The fourth-order valence-electron chi connectivity index (χ4n) is 2.53. The van der Waals surface area contributed by atoms with E-state index in [2.05, 4.69) is 27.3 Å². The molecule has 26 heavy (non-hydrogen) atoms. The van der Waals surface area contributed by atoms with Crippen molar-refractivity contribution in [3.8, 4) is 5.88 Å². The van der Waals surface area contributed by atoms with E-state index in [1.807, 2.05) is 31.2 Å². The Labute approximate surface area is 153 Å². The Bertz CT molecular complexity index is 776. The Morgan fingerprint density at radius 3 is 2.77 bits per heavy atom. The van der Waals surface area contributed by atoms with E-state index in [4.69, 9.17) is 14.2 Å². The van der Waals surface area contributed by atoms with Gasteiger partial charge in [0.25, 0.3) is 0 Å². The van der Waals surface area contributed by atoms with Crippen molar-refractivity contribution in [1.82, 2.24) is 15.2 Å². The number of fused-ring (bicyclic) bond motifs is 1. The Balaban J connectivity index is 1.23. The van der Waals surface area contributed by atoms with Gasteiger partial charge in [-0.3, -0.25) is 5.10 Å². The van der Waals surface area contributed by atoms with E-state index < -0.39 is 0 Å². The Morgan fingerprint density at radius 1 is 1.04 bits per heavy atom. The fraction of sp³-hybridized carbons (Fsp3) is 0.400. The van der Waals surface area contributed by atoms with Gasteiger partial charge < -0.3 is 14.2 Å². The van der Waals surface area contributed by atoms with Gasteiger partial charge in [0, 0.05) is 31.1 Å². The predicted molar refractivity (Wildman–Crippen MR) is 100 cm³/mol. The van der Waals surface area contributed by atoms with E-state index >= 15 is 0 Å². The quantitative estimate of drug-likeness (QED) is 0.531. The van der Waals surface area contributed by atoms with Gasteiger partial charge in [0.2, 0.25) is 5.88 Å². The molecule has 0 amide bonds. The van der Waals surface area contributed by atoms with Gasteiger partial charge in [0.05, 0.1) is 37.2 Å². The Morgan fingerprint density at radius 2 is 1.88 bits per heavy atom. The Kier molecular flexibility index (Phi) is 6.98. The summed E-state index contributed by atoms with van der Waals surface area (Å²) in [5.41, 5.74) is 2.10. The number of nitrogens with zero attached hydrogens (tertiary/aromatic N) is 2. The SMILES string of the molecule is C[C@H](CCOCCCOCc1ccccc1)Oc1cc2cn[nH]c2cn1. The van der Waals surface area contributed by atoms with Crippen LogP contribution in [0.1, 0.15) is 25.3 Å². The zero-order valence-corrected chi connectivity index (χ0v) is 15.1. The molecule has 0 aliphatic carbocycles. The van der Waals surface area contributed by atoms with Crippen molar-refractivity contribution in [2.45, 2.75) is 32.5 Å². The van der Waals surface area contributed by atoms with E-state index in [1.165, 1.54) is 5.56 Å². The van der Waals surface area contributed by atoms with Crippen LogP contribution in [0.5, 0.6) is 5.88 Å². The first-order valence-corrected chi connectivity index (χ1v) is 8.96. The number of pyridine rings is 1. The number of aromatic amines is 1.